The Bertz CT molecular complexity index is 583. The molecule has 4 rings (SSSR count). The van der Waals surface area contributed by atoms with Crippen LogP contribution in [0.3, 0.4) is 0 Å². The number of halogens is 1. The summed E-state index contributed by atoms with van der Waals surface area (Å²) in [5.74, 6) is -0.0627. The molecule has 2 aliphatic carbocycles. The van der Waals surface area contributed by atoms with Crippen molar-refractivity contribution in [1.82, 2.24) is 0 Å². The second-order valence-electron chi connectivity index (χ2n) is 5.92. The smallest absolute Gasteiger partial charge is 0.310 e. The van der Waals surface area contributed by atoms with Gasteiger partial charge in [-0.15, -0.1) is 0 Å². The second-order valence-corrected chi connectivity index (χ2v) is 6.83. The Morgan fingerprint density at radius 3 is 2.75 bits per heavy atom. The van der Waals surface area contributed by atoms with Gasteiger partial charge in [-0.1, -0.05) is 15.9 Å². The Balaban J connectivity index is 1.54. The van der Waals surface area contributed by atoms with E-state index < -0.39 is 0 Å². The van der Waals surface area contributed by atoms with E-state index in [0.29, 0.717) is 5.92 Å². The molecule has 3 fully saturated rings. The van der Waals surface area contributed by atoms with Crippen molar-refractivity contribution in [3.05, 3.63) is 28.7 Å². The van der Waals surface area contributed by atoms with Gasteiger partial charge in [-0.2, -0.15) is 0 Å². The SMILES string of the molecule is O=C(Nc1ccc(Br)cc1)[C@@H]1[C@H]2C[C@@H]3[C@@H]1C(=O)O[C@@H]3C2. The van der Waals surface area contributed by atoms with Crippen LogP contribution in [0, 0.1) is 23.7 Å². The summed E-state index contributed by atoms with van der Waals surface area (Å²) in [4.78, 5) is 24.4. The maximum absolute atomic E-state index is 12.5. The van der Waals surface area contributed by atoms with Crippen molar-refractivity contribution in [1.29, 1.82) is 0 Å². The number of carbonyl (C=O) groups is 2. The number of anilines is 1. The van der Waals surface area contributed by atoms with Gasteiger partial charge >= 0.3 is 5.97 Å². The van der Waals surface area contributed by atoms with E-state index in [1.165, 1.54) is 0 Å². The van der Waals surface area contributed by atoms with E-state index in [9.17, 15) is 9.59 Å². The van der Waals surface area contributed by atoms with Crippen molar-refractivity contribution in [2.45, 2.75) is 18.9 Å². The Morgan fingerprint density at radius 1 is 1.25 bits per heavy atom. The number of amides is 1. The molecule has 1 saturated heterocycles. The first-order valence-electron chi connectivity index (χ1n) is 6.90. The highest BCUT2D eigenvalue weighted by atomic mass is 79.9. The Hall–Kier alpha value is -1.36. The third-order valence-electron chi connectivity index (χ3n) is 4.90. The number of esters is 1. The number of hydrogen-bond acceptors (Lipinski definition) is 3. The van der Waals surface area contributed by atoms with Gasteiger partial charge in [0.1, 0.15) is 6.10 Å². The molecule has 1 aliphatic heterocycles. The first-order chi connectivity index (χ1) is 9.63. The first kappa shape index (κ1) is 12.4. The van der Waals surface area contributed by atoms with Crippen molar-refractivity contribution in [2.24, 2.45) is 23.7 Å². The molecule has 3 aliphatic rings. The number of carbonyl (C=O) groups excluding carboxylic acids is 2. The molecule has 0 aromatic heterocycles. The molecule has 1 heterocycles. The van der Waals surface area contributed by atoms with Crippen molar-refractivity contribution in [3.63, 3.8) is 0 Å². The minimum absolute atomic E-state index is 0.0397. The summed E-state index contributed by atoms with van der Waals surface area (Å²) < 4.78 is 6.33. The Labute approximate surface area is 125 Å². The van der Waals surface area contributed by atoms with Crippen LogP contribution in [0.4, 0.5) is 5.69 Å². The summed E-state index contributed by atoms with van der Waals surface area (Å²) in [7, 11) is 0. The van der Waals surface area contributed by atoms with E-state index in [2.05, 4.69) is 21.2 Å². The number of benzene rings is 1. The van der Waals surface area contributed by atoms with Gasteiger partial charge in [0.15, 0.2) is 0 Å². The average Bonchev–Trinajstić information content (AvgIpc) is 3.02. The maximum atomic E-state index is 12.5. The van der Waals surface area contributed by atoms with Gasteiger partial charge in [0.25, 0.3) is 0 Å². The molecule has 0 radical (unpaired) electrons. The third-order valence-corrected chi connectivity index (χ3v) is 5.43. The van der Waals surface area contributed by atoms with E-state index in [1.807, 2.05) is 24.3 Å². The minimum atomic E-state index is -0.214. The fourth-order valence-corrected chi connectivity index (χ4v) is 4.39. The molecule has 1 aromatic rings. The van der Waals surface area contributed by atoms with Crippen molar-refractivity contribution >= 4 is 33.5 Å². The quantitative estimate of drug-likeness (QED) is 0.845. The predicted octanol–water partition coefficient (Wildman–Crippen LogP) is 2.59. The lowest BCUT2D eigenvalue weighted by Crippen LogP contribution is -2.35. The van der Waals surface area contributed by atoms with Crippen LogP contribution in [-0.2, 0) is 14.3 Å². The maximum Gasteiger partial charge on any atom is 0.310 e. The highest BCUT2D eigenvalue weighted by Gasteiger charge is 2.63. The molecule has 0 spiro atoms. The van der Waals surface area contributed by atoms with Crippen LogP contribution in [0.5, 0.6) is 0 Å². The van der Waals surface area contributed by atoms with Crippen LogP contribution in [0.25, 0.3) is 0 Å². The average molecular weight is 336 g/mol. The lowest BCUT2D eigenvalue weighted by molar-refractivity contribution is -0.145. The fraction of sp³-hybridized carbons (Fsp3) is 0.467. The van der Waals surface area contributed by atoms with Gasteiger partial charge in [0.2, 0.25) is 5.91 Å². The lowest BCUT2D eigenvalue weighted by Gasteiger charge is -2.23. The van der Waals surface area contributed by atoms with E-state index >= 15 is 0 Å². The second kappa shape index (κ2) is 4.32. The summed E-state index contributed by atoms with van der Waals surface area (Å²) >= 11 is 3.36. The highest BCUT2D eigenvalue weighted by Crippen LogP contribution is 2.57. The lowest BCUT2D eigenvalue weighted by atomic mass is 9.79. The summed E-state index contributed by atoms with van der Waals surface area (Å²) in [5.41, 5.74) is 0.767. The van der Waals surface area contributed by atoms with Crippen LogP contribution in [0.2, 0.25) is 0 Å². The van der Waals surface area contributed by atoms with Crippen LogP contribution < -0.4 is 5.32 Å². The van der Waals surface area contributed by atoms with Gasteiger partial charge in [0.05, 0.1) is 11.8 Å². The normalized spacial score (nSPS) is 37.0. The fourth-order valence-electron chi connectivity index (χ4n) is 4.12. The zero-order valence-corrected chi connectivity index (χ0v) is 12.3. The number of nitrogens with one attached hydrogen (secondary N) is 1. The molecular formula is C15H14BrNO3. The summed E-state index contributed by atoms with van der Waals surface area (Å²) in [6, 6.07) is 7.47. The van der Waals surface area contributed by atoms with Crippen LogP contribution >= 0.6 is 15.9 Å². The molecule has 1 amide bonds. The highest BCUT2D eigenvalue weighted by molar-refractivity contribution is 9.10. The Morgan fingerprint density at radius 2 is 2.00 bits per heavy atom. The number of hydrogen-bond donors (Lipinski definition) is 1. The molecule has 104 valence electrons. The molecule has 1 N–H and O–H groups in total. The van der Waals surface area contributed by atoms with Gasteiger partial charge < -0.3 is 10.1 Å². The monoisotopic (exact) mass is 335 g/mol. The van der Waals surface area contributed by atoms with Gasteiger partial charge in [-0.25, -0.2) is 0 Å². The summed E-state index contributed by atoms with van der Waals surface area (Å²) in [6.45, 7) is 0. The van der Waals surface area contributed by atoms with Gasteiger partial charge in [-0.3, -0.25) is 9.59 Å². The van der Waals surface area contributed by atoms with Crippen LogP contribution in [-0.4, -0.2) is 18.0 Å². The zero-order valence-electron chi connectivity index (χ0n) is 10.7. The molecule has 5 atom stereocenters. The molecule has 5 heteroatoms. The largest absolute Gasteiger partial charge is 0.462 e. The molecular weight excluding hydrogens is 322 g/mol. The van der Waals surface area contributed by atoms with Crippen molar-refractivity contribution < 1.29 is 14.3 Å². The van der Waals surface area contributed by atoms with Gasteiger partial charge in [-0.05, 0) is 43.0 Å². The first-order valence-corrected chi connectivity index (χ1v) is 7.70. The number of fused-ring (bicyclic) bond motifs is 1. The number of rotatable bonds is 2. The van der Waals surface area contributed by atoms with E-state index in [-0.39, 0.29) is 35.7 Å². The standard InChI is InChI=1S/C15H14BrNO3/c16-8-1-3-9(4-2-8)17-14(18)12-7-5-10-11(6-7)20-15(19)13(10)12/h1-4,7,10-13H,5-6H2,(H,17,18)/t7-,10-,11+,12+,13-/m0/s1. The van der Waals surface area contributed by atoms with Crippen molar-refractivity contribution in [2.75, 3.05) is 5.32 Å². The molecule has 20 heavy (non-hydrogen) atoms. The van der Waals surface area contributed by atoms with Crippen molar-refractivity contribution in [3.8, 4) is 0 Å². The zero-order chi connectivity index (χ0) is 13.9. The summed E-state index contributed by atoms with van der Waals surface area (Å²) in [6.07, 6.45) is 1.89. The van der Waals surface area contributed by atoms with Gasteiger partial charge in [0, 0.05) is 16.1 Å². The van der Waals surface area contributed by atoms with E-state index in [1.54, 1.807) is 0 Å². The summed E-state index contributed by atoms with van der Waals surface area (Å²) in [5, 5.41) is 2.93. The van der Waals surface area contributed by atoms with E-state index in [4.69, 9.17) is 4.74 Å². The molecule has 0 unspecified atom stereocenters. The predicted molar refractivity (Wildman–Crippen MR) is 75.8 cm³/mol. The van der Waals surface area contributed by atoms with Crippen LogP contribution in [0.1, 0.15) is 12.8 Å². The molecule has 2 saturated carbocycles. The number of ether oxygens (including phenoxy) is 1. The topological polar surface area (TPSA) is 55.4 Å². The Kier molecular flexibility index (Phi) is 2.67. The third kappa shape index (κ3) is 1.72. The molecule has 1 aromatic carbocycles. The molecule has 2 bridgehead atoms. The van der Waals surface area contributed by atoms with Crippen LogP contribution in [0.15, 0.2) is 28.7 Å². The minimum Gasteiger partial charge on any atom is -0.462 e. The molecule has 4 nitrogen and oxygen atoms in total. The van der Waals surface area contributed by atoms with E-state index in [0.717, 1.165) is 23.0 Å².